The molecule has 3 heterocycles. The number of para-hydroxylation sites is 1. The molecule has 8 heteroatoms. The third-order valence-corrected chi connectivity index (χ3v) is 5.08. The van der Waals surface area contributed by atoms with Gasteiger partial charge in [-0.15, -0.1) is 5.10 Å². The van der Waals surface area contributed by atoms with E-state index in [0.29, 0.717) is 5.78 Å². The lowest BCUT2D eigenvalue weighted by Gasteiger charge is -2.20. The van der Waals surface area contributed by atoms with Gasteiger partial charge in [0.1, 0.15) is 12.4 Å². The molecule has 1 aliphatic rings. The van der Waals surface area contributed by atoms with Crippen molar-refractivity contribution >= 4 is 23.2 Å². The van der Waals surface area contributed by atoms with Gasteiger partial charge in [-0.1, -0.05) is 31.0 Å². The van der Waals surface area contributed by atoms with Crippen molar-refractivity contribution in [1.29, 1.82) is 0 Å². The average Bonchev–Trinajstić information content (AvgIpc) is 2.87. The third-order valence-electron chi connectivity index (χ3n) is 5.08. The number of rotatable bonds is 4. The lowest BCUT2D eigenvalue weighted by atomic mass is 10.2. The Labute approximate surface area is 162 Å². The third kappa shape index (κ3) is 3.76. The number of aromatic nitrogens is 4. The zero-order valence-electron chi connectivity index (χ0n) is 16.0. The van der Waals surface area contributed by atoms with Gasteiger partial charge in [0, 0.05) is 25.0 Å². The number of amides is 1. The molecule has 1 aliphatic heterocycles. The fourth-order valence-electron chi connectivity index (χ4n) is 3.51. The van der Waals surface area contributed by atoms with Crippen LogP contribution in [0.25, 0.3) is 5.78 Å². The highest BCUT2D eigenvalue weighted by Crippen LogP contribution is 2.17. The van der Waals surface area contributed by atoms with Crippen LogP contribution in [0.1, 0.15) is 31.2 Å². The van der Waals surface area contributed by atoms with Gasteiger partial charge in [-0.3, -0.25) is 4.79 Å². The van der Waals surface area contributed by atoms with Crippen LogP contribution in [0.2, 0.25) is 0 Å². The number of hydrogen-bond acceptors (Lipinski definition) is 5. The molecule has 3 aromatic rings. The fraction of sp³-hybridized carbons (Fsp3) is 0.400. The molecule has 1 N–H and O–H groups in total. The fourth-order valence-corrected chi connectivity index (χ4v) is 3.51. The van der Waals surface area contributed by atoms with E-state index < -0.39 is 0 Å². The monoisotopic (exact) mass is 380 g/mol. The molecule has 4 rings (SSSR count). The number of fused-ring (bicyclic) bond motifs is 1. The second kappa shape index (κ2) is 7.84. The van der Waals surface area contributed by atoms with Gasteiger partial charge in [0.2, 0.25) is 5.91 Å². The largest absolute Gasteiger partial charge is 0.356 e. The number of anilines is 2. The second-order valence-electron chi connectivity index (χ2n) is 7.16. The van der Waals surface area contributed by atoms with E-state index in [0.717, 1.165) is 47.7 Å². The van der Waals surface area contributed by atoms with Crippen LogP contribution in [0.4, 0.5) is 11.5 Å². The van der Waals surface area contributed by atoms with Crippen molar-refractivity contribution in [2.45, 2.75) is 39.2 Å². The highest BCUT2D eigenvalue weighted by Gasteiger charge is 2.16. The predicted molar refractivity (Wildman–Crippen MR) is 108 cm³/mol. The lowest BCUT2D eigenvalue weighted by Crippen LogP contribution is -2.28. The number of benzene rings is 1. The van der Waals surface area contributed by atoms with Crippen molar-refractivity contribution < 1.29 is 4.79 Å². The summed E-state index contributed by atoms with van der Waals surface area (Å²) < 4.78 is 2.53. The van der Waals surface area contributed by atoms with E-state index >= 15 is 0 Å². The Hall–Kier alpha value is -3.16. The molecule has 28 heavy (non-hydrogen) atoms. The zero-order chi connectivity index (χ0) is 19.5. The molecule has 0 atom stereocenters. The topological polar surface area (TPSA) is 84.5 Å². The molecular weight excluding hydrogens is 356 g/mol. The van der Waals surface area contributed by atoms with E-state index in [2.05, 4.69) is 20.3 Å². The summed E-state index contributed by atoms with van der Waals surface area (Å²) in [5.74, 6) is 0.846. The Balaban J connectivity index is 1.54. The van der Waals surface area contributed by atoms with Gasteiger partial charge >= 0.3 is 5.69 Å². The Morgan fingerprint density at radius 3 is 2.61 bits per heavy atom. The standard InChI is InChI=1S/C20H24N6O2/c1-15-8-4-5-9-16(15)21-18(27)14-26-20(28)25-13-10-17(22-19(25)23-26)24-11-6-2-3-7-12-24/h4-5,8-10,13H,2-3,6-7,11-12,14H2,1H3,(H,21,27). The van der Waals surface area contributed by atoms with Crippen molar-refractivity contribution in [2.75, 3.05) is 23.3 Å². The maximum atomic E-state index is 12.6. The molecular formula is C20H24N6O2. The lowest BCUT2D eigenvalue weighted by molar-refractivity contribution is -0.117. The first-order valence-corrected chi connectivity index (χ1v) is 9.68. The second-order valence-corrected chi connectivity index (χ2v) is 7.16. The summed E-state index contributed by atoms with van der Waals surface area (Å²) in [6, 6.07) is 9.36. The van der Waals surface area contributed by atoms with E-state index in [-0.39, 0.29) is 18.1 Å². The van der Waals surface area contributed by atoms with Crippen molar-refractivity contribution in [2.24, 2.45) is 0 Å². The first-order valence-electron chi connectivity index (χ1n) is 9.68. The molecule has 0 radical (unpaired) electrons. The summed E-state index contributed by atoms with van der Waals surface area (Å²) >= 11 is 0. The molecule has 146 valence electrons. The maximum Gasteiger partial charge on any atom is 0.352 e. The summed E-state index contributed by atoms with van der Waals surface area (Å²) in [7, 11) is 0. The van der Waals surface area contributed by atoms with E-state index in [1.807, 2.05) is 37.3 Å². The quantitative estimate of drug-likeness (QED) is 0.750. The van der Waals surface area contributed by atoms with Gasteiger partial charge in [-0.2, -0.15) is 4.98 Å². The first-order chi connectivity index (χ1) is 13.6. The van der Waals surface area contributed by atoms with Crippen molar-refractivity contribution in [3.8, 4) is 0 Å². The van der Waals surface area contributed by atoms with Crippen molar-refractivity contribution in [1.82, 2.24) is 19.2 Å². The van der Waals surface area contributed by atoms with Crippen molar-refractivity contribution in [3.63, 3.8) is 0 Å². The van der Waals surface area contributed by atoms with Gasteiger partial charge in [0.15, 0.2) is 0 Å². The Morgan fingerprint density at radius 1 is 1.11 bits per heavy atom. The SMILES string of the molecule is Cc1ccccc1NC(=O)Cn1nc2nc(N3CCCCCC3)ccn2c1=O. The zero-order valence-corrected chi connectivity index (χ0v) is 16.0. The highest BCUT2D eigenvalue weighted by molar-refractivity contribution is 5.91. The van der Waals surface area contributed by atoms with Crippen LogP contribution in [0.5, 0.6) is 0 Å². The molecule has 0 unspecified atom stereocenters. The van der Waals surface area contributed by atoms with Crippen LogP contribution in [-0.2, 0) is 11.3 Å². The van der Waals surface area contributed by atoms with Gasteiger partial charge < -0.3 is 10.2 Å². The van der Waals surface area contributed by atoms with Gasteiger partial charge in [-0.25, -0.2) is 13.9 Å². The molecule has 8 nitrogen and oxygen atoms in total. The summed E-state index contributed by atoms with van der Waals surface area (Å²) in [4.78, 5) is 31.7. The Morgan fingerprint density at radius 2 is 1.86 bits per heavy atom. The van der Waals surface area contributed by atoms with Crippen LogP contribution in [0.3, 0.4) is 0 Å². The molecule has 0 bridgehead atoms. The number of hydrogen-bond donors (Lipinski definition) is 1. The summed E-state index contributed by atoms with van der Waals surface area (Å²) in [6.45, 7) is 3.69. The number of nitrogens with one attached hydrogen (secondary N) is 1. The average molecular weight is 380 g/mol. The predicted octanol–water partition coefficient (Wildman–Crippen LogP) is 2.22. The molecule has 1 saturated heterocycles. The van der Waals surface area contributed by atoms with E-state index in [1.54, 1.807) is 6.20 Å². The minimum absolute atomic E-state index is 0.157. The maximum absolute atomic E-state index is 12.6. The molecule has 1 aromatic carbocycles. The minimum Gasteiger partial charge on any atom is -0.356 e. The molecule has 1 amide bonds. The van der Waals surface area contributed by atoms with Crippen molar-refractivity contribution in [3.05, 3.63) is 52.6 Å². The summed E-state index contributed by atoms with van der Waals surface area (Å²) in [5.41, 5.74) is 1.32. The van der Waals surface area contributed by atoms with Gasteiger partial charge in [0.25, 0.3) is 5.78 Å². The van der Waals surface area contributed by atoms with Crippen LogP contribution >= 0.6 is 0 Å². The van der Waals surface area contributed by atoms with E-state index in [9.17, 15) is 9.59 Å². The number of nitrogens with zero attached hydrogens (tertiary/aromatic N) is 5. The number of carbonyl (C=O) groups excluding carboxylic acids is 1. The van der Waals surface area contributed by atoms with Crippen LogP contribution in [0.15, 0.2) is 41.3 Å². The molecule has 0 saturated carbocycles. The van der Waals surface area contributed by atoms with Crippen LogP contribution in [0, 0.1) is 6.92 Å². The Kier molecular flexibility index (Phi) is 5.10. The number of aryl methyl sites for hydroxylation is 1. The van der Waals surface area contributed by atoms with E-state index in [4.69, 9.17) is 0 Å². The number of carbonyl (C=O) groups is 1. The summed E-state index contributed by atoms with van der Waals surface area (Å²) in [5, 5.41) is 7.09. The molecule has 0 aliphatic carbocycles. The smallest absolute Gasteiger partial charge is 0.352 e. The molecule has 1 fully saturated rings. The van der Waals surface area contributed by atoms with E-state index in [1.165, 1.54) is 17.2 Å². The van der Waals surface area contributed by atoms with Gasteiger partial charge in [0.05, 0.1) is 0 Å². The molecule has 0 spiro atoms. The van der Waals surface area contributed by atoms with Crippen LogP contribution < -0.4 is 15.9 Å². The normalized spacial score (nSPS) is 14.8. The van der Waals surface area contributed by atoms with Gasteiger partial charge in [-0.05, 0) is 37.5 Å². The Bertz CT molecular complexity index is 1050. The molecule has 2 aromatic heterocycles. The van der Waals surface area contributed by atoms with Crippen LogP contribution in [-0.4, -0.2) is 38.2 Å². The first kappa shape index (κ1) is 18.2. The minimum atomic E-state index is -0.371. The summed E-state index contributed by atoms with van der Waals surface area (Å²) in [6.07, 6.45) is 6.46. The highest BCUT2D eigenvalue weighted by atomic mass is 16.2.